The van der Waals surface area contributed by atoms with E-state index < -0.39 is 89.3 Å². The van der Waals surface area contributed by atoms with Crippen LogP contribution in [0.4, 0.5) is 52.7 Å². The van der Waals surface area contributed by atoms with E-state index in [-0.39, 0.29) is 17.2 Å². The molecule has 0 aliphatic carbocycles. The molecule has 0 unspecified atom stereocenters. The number of amides is 1. The first-order valence-corrected chi connectivity index (χ1v) is 13.4. The highest BCUT2D eigenvalue weighted by molar-refractivity contribution is 5.87. The van der Waals surface area contributed by atoms with Crippen molar-refractivity contribution < 1.29 is 71.7 Å². The third-order valence-electron chi connectivity index (χ3n) is 7.00. The number of benzene rings is 3. The van der Waals surface area contributed by atoms with Gasteiger partial charge in [0.25, 0.3) is 11.5 Å². The minimum absolute atomic E-state index is 0.169. The maximum Gasteiger partial charge on any atom is 0.461 e. The molecule has 1 N–H and O–H groups in total. The average molecular weight is 689 g/mol. The molecule has 1 fully saturated rings. The molecule has 0 radical (unpaired) electrons. The topological polar surface area (TPSA) is 60.1 Å². The summed E-state index contributed by atoms with van der Waals surface area (Å²) >= 11 is 0. The first-order valence-electron chi connectivity index (χ1n) is 13.4. The third-order valence-corrected chi connectivity index (χ3v) is 7.00. The summed E-state index contributed by atoms with van der Waals surface area (Å²) in [6, 6.07) is 11.0. The zero-order chi connectivity index (χ0) is 35.2. The van der Waals surface area contributed by atoms with Crippen molar-refractivity contribution in [2.75, 3.05) is 0 Å². The Morgan fingerprint density at radius 2 is 1.49 bits per heavy atom. The molecule has 4 rings (SSSR count). The Labute approximate surface area is 258 Å². The lowest BCUT2D eigenvalue weighted by molar-refractivity contribution is -0.292. The van der Waals surface area contributed by atoms with Gasteiger partial charge in [-0.2, -0.15) is 43.9 Å². The fourth-order valence-electron chi connectivity index (χ4n) is 4.90. The van der Waals surface area contributed by atoms with Crippen LogP contribution in [0.2, 0.25) is 0 Å². The van der Waals surface area contributed by atoms with Crippen molar-refractivity contribution >= 4 is 5.91 Å². The van der Waals surface area contributed by atoms with E-state index in [0.717, 1.165) is 18.2 Å². The van der Waals surface area contributed by atoms with Gasteiger partial charge in [0, 0.05) is 12.5 Å². The summed E-state index contributed by atoms with van der Waals surface area (Å²) in [6.07, 6.45) is -26.5. The summed E-state index contributed by atoms with van der Waals surface area (Å²) in [5.74, 6) is -6.32. The normalized spacial score (nSPS) is 17.7. The molecule has 0 spiro atoms. The molecule has 1 aliphatic rings. The van der Waals surface area contributed by atoms with E-state index in [1.54, 1.807) is 0 Å². The van der Waals surface area contributed by atoms with E-state index >= 15 is 4.39 Å². The number of alkyl halides is 10. The van der Waals surface area contributed by atoms with Gasteiger partial charge in [-0.25, -0.2) is 8.78 Å². The molecular formula is C30H23F12NO4. The summed E-state index contributed by atoms with van der Waals surface area (Å²) < 4.78 is 179. The number of hydrogen-bond acceptors (Lipinski definition) is 4. The van der Waals surface area contributed by atoms with Crippen LogP contribution in [0.25, 0.3) is 0 Å². The van der Waals surface area contributed by atoms with Gasteiger partial charge in [-0.15, -0.1) is 0 Å². The molecule has 1 amide bonds. The molecule has 3 aromatic rings. The molecular weight excluding hydrogens is 666 g/mol. The molecule has 1 heterocycles. The van der Waals surface area contributed by atoms with E-state index in [4.69, 9.17) is 4.74 Å². The third kappa shape index (κ3) is 7.09. The highest BCUT2D eigenvalue weighted by Crippen LogP contribution is 2.59. The monoisotopic (exact) mass is 689 g/mol. The minimum Gasteiger partial charge on any atom is -0.488 e. The van der Waals surface area contributed by atoms with E-state index in [0.29, 0.717) is 12.1 Å². The van der Waals surface area contributed by atoms with E-state index in [1.165, 1.54) is 44.2 Å². The molecule has 47 heavy (non-hydrogen) atoms. The van der Waals surface area contributed by atoms with E-state index in [1.807, 2.05) is 5.32 Å². The van der Waals surface area contributed by atoms with Crippen molar-refractivity contribution in [3.8, 4) is 11.5 Å². The number of epoxide rings is 1. The predicted octanol–water partition coefficient (Wildman–Crippen LogP) is 7.85. The summed E-state index contributed by atoms with van der Waals surface area (Å²) in [5, 5.41) is 2.01. The van der Waals surface area contributed by atoms with Crippen LogP contribution in [-0.4, -0.2) is 48.6 Å². The second kappa shape index (κ2) is 12.5. The van der Waals surface area contributed by atoms with E-state index in [9.17, 15) is 53.1 Å². The number of hydrogen-bond donors (Lipinski definition) is 1. The Hall–Kier alpha value is -4.15. The molecule has 3 aromatic carbocycles. The van der Waals surface area contributed by atoms with Crippen LogP contribution in [0, 0.1) is 11.6 Å². The number of carbonyl (C=O) groups excluding carboxylic acids is 1. The van der Waals surface area contributed by atoms with Crippen molar-refractivity contribution in [3.05, 3.63) is 95.1 Å². The summed E-state index contributed by atoms with van der Waals surface area (Å²) in [7, 11) is 0. The molecule has 2 atom stereocenters. The smallest absolute Gasteiger partial charge is 0.461 e. The fourth-order valence-corrected chi connectivity index (χ4v) is 4.90. The first-order chi connectivity index (χ1) is 21.6. The van der Waals surface area contributed by atoms with Gasteiger partial charge in [0.15, 0.2) is 17.7 Å². The number of halogens is 12. The van der Waals surface area contributed by atoms with Crippen LogP contribution in [0.15, 0.2) is 66.7 Å². The largest absolute Gasteiger partial charge is 0.488 e. The van der Waals surface area contributed by atoms with Crippen LogP contribution in [0.3, 0.4) is 0 Å². The van der Waals surface area contributed by atoms with Crippen molar-refractivity contribution in [1.29, 1.82) is 0 Å². The van der Waals surface area contributed by atoms with Gasteiger partial charge < -0.3 is 19.5 Å². The fraction of sp³-hybridized carbons (Fsp3) is 0.367. The molecule has 5 nitrogen and oxygen atoms in total. The second-order valence-electron chi connectivity index (χ2n) is 10.7. The molecule has 17 heteroatoms. The Balaban J connectivity index is 1.99. The van der Waals surface area contributed by atoms with Crippen LogP contribution >= 0.6 is 0 Å². The lowest BCUT2D eigenvalue weighted by atomic mass is 9.77. The molecule has 1 aliphatic heterocycles. The maximum atomic E-state index is 15.0. The quantitative estimate of drug-likeness (QED) is 0.165. The SMILES string of the molecule is CC(C)Oc1cc([C@@](Cc2ccccc2)(NC(=O)[C@@H]2OC2(C(F)(F)F)C(F)(F)F)c2cc(F)cc(OC(F)(F)C(F)F)c2)ccc1F. The number of nitrogens with one attached hydrogen (secondary N) is 1. The highest BCUT2D eigenvalue weighted by atomic mass is 19.4. The van der Waals surface area contributed by atoms with Gasteiger partial charge >= 0.3 is 24.9 Å². The molecule has 0 saturated carbocycles. The van der Waals surface area contributed by atoms with Crippen molar-refractivity contribution in [2.45, 2.75) is 68.5 Å². The van der Waals surface area contributed by atoms with Crippen molar-refractivity contribution in [3.63, 3.8) is 0 Å². The van der Waals surface area contributed by atoms with Crippen LogP contribution < -0.4 is 14.8 Å². The predicted molar refractivity (Wildman–Crippen MR) is 139 cm³/mol. The Morgan fingerprint density at radius 1 is 0.872 bits per heavy atom. The van der Waals surface area contributed by atoms with Gasteiger partial charge in [-0.05, 0) is 54.8 Å². The van der Waals surface area contributed by atoms with Gasteiger partial charge in [0.05, 0.1) is 11.6 Å². The molecule has 1 saturated heterocycles. The number of carbonyl (C=O) groups is 1. The Kier molecular flexibility index (Phi) is 9.47. The van der Waals surface area contributed by atoms with Crippen LogP contribution in [-0.2, 0) is 21.5 Å². The van der Waals surface area contributed by atoms with Crippen LogP contribution in [0.5, 0.6) is 11.5 Å². The van der Waals surface area contributed by atoms with Crippen LogP contribution in [0.1, 0.15) is 30.5 Å². The Morgan fingerprint density at radius 3 is 2.02 bits per heavy atom. The highest BCUT2D eigenvalue weighted by Gasteiger charge is 2.89. The average Bonchev–Trinajstić information content (AvgIpc) is 3.72. The molecule has 0 bridgehead atoms. The Bertz CT molecular complexity index is 1580. The van der Waals surface area contributed by atoms with Crippen molar-refractivity contribution in [2.24, 2.45) is 0 Å². The molecule has 0 aromatic heterocycles. The zero-order valence-corrected chi connectivity index (χ0v) is 24.0. The zero-order valence-electron chi connectivity index (χ0n) is 24.0. The van der Waals surface area contributed by atoms with Gasteiger partial charge in [0.1, 0.15) is 11.6 Å². The summed E-state index contributed by atoms with van der Waals surface area (Å²) in [6.45, 7) is 2.95. The lowest BCUT2D eigenvalue weighted by Gasteiger charge is -2.37. The van der Waals surface area contributed by atoms with E-state index in [2.05, 4.69) is 9.47 Å². The second-order valence-corrected chi connectivity index (χ2v) is 10.7. The lowest BCUT2D eigenvalue weighted by Crippen LogP contribution is -2.55. The first kappa shape index (κ1) is 35.7. The van der Waals surface area contributed by atoms with Crippen molar-refractivity contribution in [1.82, 2.24) is 5.32 Å². The summed E-state index contributed by atoms with van der Waals surface area (Å²) in [5.41, 5.74) is -8.37. The van der Waals surface area contributed by atoms with Gasteiger partial charge in [-0.1, -0.05) is 36.4 Å². The standard InChI is InChI=1S/C30H23F12NO4/c1-15(2)45-22-12-17(8-9-21(22)32)26(14-16-6-4-3-5-7-16,18-10-19(31)13-20(11-18)46-28(35,36)25(33)34)43-24(44)23-27(47-23,29(37,38)39)30(40,41)42/h3-13,15,23,25H,14H2,1-2H3,(H,43,44)/t23-,26+/m0/s1. The number of ether oxygens (including phenoxy) is 3. The minimum atomic E-state index is -6.15. The maximum absolute atomic E-state index is 15.0. The summed E-state index contributed by atoms with van der Waals surface area (Å²) in [4.78, 5) is 13.4. The molecule has 256 valence electrons. The number of rotatable bonds is 11. The van der Waals surface area contributed by atoms with Gasteiger partial charge in [0.2, 0.25) is 0 Å². The van der Waals surface area contributed by atoms with Gasteiger partial charge in [-0.3, -0.25) is 4.79 Å².